The number of carbonyl (C=O) groups is 5. The van der Waals surface area contributed by atoms with Gasteiger partial charge in [-0.05, 0) is 51.7 Å². The van der Waals surface area contributed by atoms with Gasteiger partial charge in [-0.15, -0.1) is 0 Å². The number of benzene rings is 1. The lowest BCUT2D eigenvalue weighted by atomic mass is 9.99. The Morgan fingerprint density at radius 2 is 1.78 bits per heavy atom. The summed E-state index contributed by atoms with van der Waals surface area (Å²) >= 11 is 0. The third-order valence-electron chi connectivity index (χ3n) is 5.58. The summed E-state index contributed by atoms with van der Waals surface area (Å²) in [6.07, 6.45) is 0.856. The van der Waals surface area contributed by atoms with E-state index in [2.05, 4.69) is 10.6 Å². The van der Waals surface area contributed by atoms with Gasteiger partial charge in [0.1, 0.15) is 11.6 Å². The molecular weight excluding hydrogens is 470 g/mol. The molecule has 3 rings (SSSR count). The van der Waals surface area contributed by atoms with Gasteiger partial charge in [0, 0.05) is 19.6 Å². The van der Waals surface area contributed by atoms with Crippen LogP contribution in [0.3, 0.4) is 0 Å². The first-order valence-corrected chi connectivity index (χ1v) is 12.0. The first-order valence-electron chi connectivity index (χ1n) is 12.0. The molecule has 1 aromatic rings. The van der Waals surface area contributed by atoms with Crippen LogP contribution in [0.4, 0.5) is 4.79 Å². The number of hydrogen-bond acceptors (Lipinski definition) is 8. The topological polar surface area (TPSA) is 140 Å². The van der Waals surface area contributed by atoms with E-state index in [1.165, 1.54) is 0 Å². The fourth-order valence-corrected chi connectivity index (χ4v) is 4.02. The Morgan fingerprint density at radius 1 is 1.06 bits per heavy atom. The lowest BCUT2D eigenvalue weighted by Gasteiger charge is -2.27. The van der Waals surface area contributed by atoms with Crippen LogP contribution >= 0.6 is 0 Å². The van der Waals surface area contributed by atoms with E-state index in [1.54, 1.807) is 39.0 Å². The van der Waals surface area contributed by atoms with Crippen molar-refractivity contribution in [2.45, 2.75) is 58.1 Å². The summed E-state index contributed by atoms with van der Waals surface area (Å²) in [7, 11) is 0. The largest absolute Gasteiger partial charge is 0.444 e. The minimum atomic E-state index is -0.981. The second kappa shape index (κ2) is 12.1. The van der Waals surface area contributed by atoms with Crippen LogP contribution in [0.5, 0.6) is 0 Å². The van der Waals surface area contributed by atoms with Crippen molar-refractivity contribution in [2.24, 2.45) is 0 Å². The van der Waals surface area contributed by atoms with Crippen LogP contribution in [-0.4, -0.2) is 79.2 Å². The molecule has 2 aliphatic rings. The zero-order valence-corrected chi connectivity index (χ0v) is 20.9. The summed E-state index contributed by atoms with van der Waals surface area (Å²) < 4.78 is 16.1. The maximum Gasteiger partial charge on any atom is 0.407 e. The number of ether oxygens (including phenoxy) is 3. The van der Waals surface area contributed by atoms with Gasteiger partial charge < -0.3 is 19.5 Å². The van der Waals surface area contributed by atoms with Crippen LogP contribution in [-0.2, 0) is 30.2 Å². The van der Waals surface area contributed by atoms with Gasteiger partial charge in [0.05, 0.1) is 30.9 Å². The zero-order chi connectivity index (χ0) is 26.3. The average Bonchev–Trinajstić information content (AvgIpc) is 3.05. The summed E-state index contributed by atoms with van der Waals surface area (Å²) in [4.78, 5) is 62.1. The first-order chi connectivity index (χ1) is 17.1. The van der Waals surface area contributed by atoms with Crippen molar-refractivity contribution in [1.82, 2.24) is 15.5 Å². The molecule has 1 saturated heterocycles. The number of nitrogens with zero attached hydrogens (tertiary/aromatic N) is 1. The molecule has 11 nitrogen and oxygen atoms in total. The van der Waals surface area contributed by atoms with Gasteiger partial charge in [-0.1, -0.05) is 12.1 Å². The molecule has 0 radical (unpaired) electrons. The lowest BCUT2D eigenvalue weighted by molar-refractivity contribution is -0.136. The molecule has 0 spiro atoms. The van der Waals surface area contributed by atoms with E-state index in [0.29, 0.717) is 56.9 Å². The molecule has 5 amide bonds. The highest BCUT2D eigenvalue weighted by Crippen LogP contribution is 2.30. The molecule has 0 aromatic heterocycles. The number of alkyl carbamates (subject to hydrolysis) is 1. The molecule has 2 aliphatic heterocycles. The molecule has 36 heavy (non-hydrogen) atoms. The van der Waals surface area contributed by atoms with E-state index in [0.717, 1.165) is 4.90 Å². The summed E-state index contributed by atoms with van der Waals surface area (Å²) in [5.41, 5.74) is 0.757. The number of nitrogens with one attached hydrogen (secondary N) is 2. The fourth-order valence-electron chi connectivity index (χ4n) is 4.02. The minimum absolute atomic E-state index is 0.0813. The van der Waals surface area contributed by atoms with E-state index in [9.17, 15) is 24.0 Å². The minimum Gasteiger partial charge on any atom is -0.444 e. The molecule has 1 aromatic carbocycles. The number of amides is 5. The second-order valence-electron chi connectivity index (χ2n) is 9.54. The fraction of sp³-hybridized carbons (Fsp3) is 0.560. The zero-order valence-electron chi connectivity index (χ0n) is 20.9. The van der Waals surface area contributed by atoms with Gasteiger partial charge in [-0.2, -0.15) is 0 Å². The van der Waals surface area contributed by atoms with Crippen molar-refractivity contribution in [3.05, 3.63) is 34.9 Å². The molecule has 2 heterocycles. The Balaban J connectivity index is 1.38. The van der Waals surface area contributed by atoms with Gasteiger partial charge in [0.15, 0.2) is 0 Å². The summed E-state index contributed by atoms with van der Waals surface area (Å²) in [5.74, 6) is -2.05. The molecule has 2 N–H and O–H groups in total. The van der Waals surface area contributed by atoms with Crippen LogP contribution in [0, 0.1) is 0 Å². The van der Waals surface area contributed by atoms with Crippen molar-refractivity contribution in [1.29, 1.82) is 0 Å². The van der Waals surface area contributed by atoms with Crippen LogP contribution in [0.15, 0.2) is 18.2 Å². The van der Waals surface area contributed by atoms with Crippen molar-refractivity contribution in [3.63, 3.8) is 0 Å². The molecule has 1 unspecified atom stereocenters. The third-order valence-corrected chi connectivity index (χ3v) is 5.58. The van der Waals surface area contributed by atoms with E-state index in [1.807, 2.05) is 0 Å². The van der Waals surface area contributed by atoms with E-state index < -0.39 is 41.4 Å². The van der Waals surface area contributed by atoms with Crippen molar-refractivity contribution in [2.75, 3.05) is 33.0 Å². The Hall–Kier alpha value is -3.31. The second-order valence-corrected chi connectivity index (χ2v) is 9.54. The normalized spacial score (nSPS) is 17.8. The predicted molar refractivity (Wildman–Crippen MR) is 127 cm³/mol. The maximum absolute atomic E-state index is 13.1. The number of hydrogen-bond donors (Lipinski definition) is 2. The highest BCUT2D eigenvalue weighted by molar-refractivity contribution is 6.24. The molecule has 11 heteroatoms. The molecule has 0 saturated carbocycles. The van der Waals surface area contributed by atoms with Gasteiger partial charge in [-0.25, -0.2) is 4.79 Å². The molecule has 0 bridgehead atoms. The summed E-state index contributed by atoms with van der Waals surface area (Å²) in [6, 6.07) is 4.10. The van der Waals surface area contributed by atoms with Gasteiger partial charge in [0.25, 0.3) is 11.8 Å². The molecule has 0 aliphatic carbocycles. The molecular formula is C25H33N3O8. The van der Waals surface area contributed by atoms with Crippen LogP contribution in [0.1, 0.15) is 66.3 Å². The number of aryl methyl sites for hydroxylation is 1. The van der Waals surface area contributed by atoms with Crippen LogP contribution in [0.25, 0.3) is 0 Å². The highest BCUT2D eigenvalue weighted by atomic mass is 16.6. The highest BCUT2D eigenvalue weighted by Gasteiger charge is 2.45. The Kier molecular flexibility index (Phi) is 9.16. The average molecular weight is 504 g/mol. The Bertz CT molecular complexity index is 1020. The number of imide groups is 2. The summed E-state index contributed by atoms with van der Waals surface area (Å²) in [6.45, 7) is 7.21. The van der Waals surface area contributed by atoms with Crippen LogP contribution in [0.2, 0.25) is 0 Å². The lowest BCUT2D eigenvalue weighted by Crippen LogP contribution is -2.54. The van der Waals surface area contributed by atoms with Gasteiger partial charge >= 0.3 is 6.09 Å². The molecule has 196 valence electrons. The Labute approximate surface area is 209 Å². The number of piperidine rings is 1. The molecule has 1 fully saturated rings. The number of fused-ring (bicyclic) bond motifs is 1. The Morgan fingerprint density at radius 3 is 2.47 bits per heavy atom. The van der Waals surface area contributed by atoms with Crippen molar-refractivity contribution < 1.29 is 38.2 Å². The third kappa shape index (κ3) is 7.11. The molecule has 1 atom stereocenters. The van der Waals surface area contributed by atoms with E-state index in [4.69, 9.17) is 14.2 Å². The predicted octanol–water partition coefficient (Wildman–Crippen LogP) is 1.58. The van der Waals surface area contributed by atoms with Gasteiger partial charge in [0.2, 0.25) is 11.8 Å². The summed E-state index contributed by atoms with van der Waals surface area (Å²) in [5, 5.41) is 4.80. The monoisotopic (exact) mass is 503 g/mol. The SMILES string of the molecule is CC(C)(C)OC(=O)NCCOCCOCCCc1cccc2c1C(=O)N(C1CCC(=O)NC1=O)C2=O. The van der Waals surface area contributed by atoms with E-state index >= 15 is 0 Å². The number of rotatable bonds is 11. The van der Waals surface area contributed by atoms with Crippen molar-refractivity contribution in [3.8, 4) is 0 Å². The first kappa shape index (κ1) is 27.3. The number of carbonyl (C=O) groups excluding carboxylic acids is 5. The smallest absolute Gasteiger partial charge is 0.407 e. The quantitative estimate of drug-likeness (QED) is 0.343. The van der Waals surface area contributed by atoms with E-state index in [-0.39, 0.29) is 18.4 Å². The van der Waals surface area contributed by atoms with Crippen molar-refractivity contribution >= 4 is 29.7 Å². The maximum atomic E-state index is 13.1. The van der Waals surface area contributed by atoms with Crippen LogP contribution < -0.4 is 10.6 Å². The van der Waals surface area contributed by atoms with Gasteiger partial charge in [-0.3, -0.25) is 29.4 Å². The standard InChI is InChI=1S/C25H33N3O8/c1-25(2,3)36-24(33)26-11-13-35-15-14-34-12-5-7-16-6-4-8-17-20(16)23(32)28(22(17)31)18-9-10-19(29)27-21(18)30/h4,6,8,18H,5,7,9-15H2,1-3H3,(H,26,33)(H,27,29,30).